The van der Waals surface area contributed by atoms with Gasteiger partial charge in [0.1, 0.15) is 35.8 Å². The molecule has 2 aromatic heterocycles. The Morgan fingerprint density at radius 3 is 2.88 bits per heavy atom. The second-order valence-electron chi connectivity index (χ2n) is 5.59. The number of rotatable bonds is 8. The molecule has 142 valence electrons. The Kier molecular flexibility index (Phi) is 7.19. The van der Waals surface area contributed by atoms with Crippen molar-refractivity contribution < 1.29 is 13.9 Å². The van der Waals surface area contributed by atoms with Gasteiger partial charge in [-0.05, 0) is 19.9 Å². The van der Waals surface area contributed by atoms with E-state index in [4.69, 9.17) is 9.15 Å². The van der Waals surface area contributed by atoms with E-state index in [1.165, 1.54) is 7.11 Å². The summed E-state index contributed by atoms with van der Waals surface area (Å²) in [4.78, 5) is 16.1. The lowest BCUT2D eigenvalue weighted by atomic mass is 10.2. The van der Waals surface area contributed by atoms with Crippen LogP contribution in [0.4, 0.5) is 0 Å². The molecule has 0 radical (unpaired) electrons. The molecule has 0 saturated carbocycles. The van der Waals surface area contributed by atoms with Crippen molar-refractivity contribution in [1.82, 2.24) is 25.4 Å². The van der Waals surface area contributed by atoms with Crippen molar-refractivity contribution in [1.29, 1.82) is 0 Å². The van der Waals surface area contributed by atoms with Gasteiger partial charge in [-0.1, -0.05) is 6.92 Å². The maximum Gasteiger partial charge on any atom is 0.341 e. The van der Waals surface area contributed by atoms with Crippen LogP contribution in [0.2, 0.25) is 0 Å². The summed E-state index contributed by atoms with van der Waals surface area (Å²) in [5.74, 6) is 2.35. The third kappa shape index (κ3) is 5.08. The molecule has 0 spiro atoms. The van der Waals surface area contributed by atoms with E-state index in [9.17, 15) is 4.79 Å². The Morgan fingerprint density at radius 2 is 2.19 bits per heavy atom. The van der Waals surface area contributed by atoms with Crippen molar-refractivity contribution >= 4 is 11.9 Å². The number of carbonyl (C=O) groups is 1. The number of nitrogens with one attached hydrogen (secondary N) is 2. The number of esters is 1. The molecule has 0 aliphatic rings. The quantitative estimate of drug-likeness (QED) is 0.414. The SMILES string of the molecule is CCNC(=NCc1cc(C(=O)OC)c(C)o1)NCCn1cnnc1CC. The summed E-state index contributed by atoms with van der Waals surface area (Å²) in [7, 11) is 1.35. The van der Waals surface area contributed by atoms with Gasteiger partial charge in [0.05, 0.1) is 7.11 Å². The Bertz CT molecular complexity index is 750. The van der Waals surface area contributed by atoms with E-state index in [2.05, 4.69) is 25.8 Å². The van der Waals surface area contributed by atoms with Crippen LogP contribution in [0.1, 0.15) is 41.6 Å². The highest BCUT2D eigenvalue weighted by Gasteiger charge is 2.15. The van der Waals surface area contributed by atoms with Crippen LogP contribution in [0.3, 0.4) is 0 Å². The lowest BCUT2D eigenvalue weighted by Crippen LogP contribution is -2.38. The number of methoxy groups -OCH3 is 1. The van der Waals surface area contributed by atoms with E-state index in [1.54, 1.807) is 19.3 Å². The fourth-order valence-corrected chi connectivity index (χ4v) is 2.47. The molecule has 0 unspecified atom stereocenters. The molecule has 0 aliphatic heterocycles. The van der Waals surface area contributed by atoms with Crippen molar-refractivity contribution in [2.45, 2.75) is 40.3 Å². The summed E-state index contributed by atoms with van der Waals surface area (Å²) in [6.07, 6.45) is 2.57. The highest BCUT2D eigenvalue weighted by Crippen LogP contribution is 2.16. The van der Waals surface area contributed by atoms with Gasteiger partial charge >= 0.3 is 5.97 Å². The predicted molar refractivity (Wildman–Crippen MR) is 97.0 cm³/mol. The summed E-state index contributed by atoms with van der Waals surface area (Å²) in [5, 5.41) is 14.4. The second-order valence-corrected chi connectivity index (χ2v) is 5.59. The fourth-order valence-electron chi connectivity index (χ4n) is 2.47. The molecule has 0 amide bonds. The van der Waals surface area contributed by atoms with E-state index in [0.717, 1.165) is 25.3 Å². The Labute approximate surface area is 152 Å². The Morgan fingerprint density at radius 1 is 1.38 bits per heavy atom. The number of carbonyl (C=O) groups excluding carboxylic acids is 1. The number of nitrogens with zero attached hydrogens (tertiary/aromatic N) is 4. The predicted octanol–water partition coefficient (Wildman–Crippen LogP) is 1.28. The van der Waals surface area contributed by atoms with E-state index >= 15 is 0 Å². The van der Waals surface area contributed by atoms with Gasteiger partial charge in [0.15, 0.2) is 5.96 Å². The van der Waals surface area contributed by atoms with E-state index in [-0.39, 0.29) is 0 Å². The zero-order valence-electron chi connectivity index (χ0n) is 15.7. The van der Waals surface area contributed by atoms with Gasteiger partial charge < -0.3 is 24.4 Å². The number of ether oxygens (including phenoxy) is 1. The molecule has 0 bridgehead atoms. The number of aliphatic imine (C=N–C) groups is 1. The van der Waals surface area contributed by atoms with E-state index in [1.807, 2.05) is 18.4 Å². The van der Waals surface area contributed by atoms with Gasteiger partial charge in [0, 0.05) is 26.1 Å². The van der Waals surface area contributed by atoms with Crippen LogP contribution < -0.4 is 10.6 Å². The first-order chi connectivity index (χ1) is 12.6. The van der Waals surface area contributed by atoms with Crippen molar-refractivity contribution in [2.24, 2.45) is 4.99 Å². The summed E-state index contributed by atoms with van der Waals surface area (Å²) >= 11 is 0. The maximum absolute atomic E-state index is 11.6. The number of aromatic nitrogens is 3. The fraction of sp³-hybridized carbons (Fsp3) is 0.529. The van der Waals surface area contributed by atoms with Crippen LogP contribution >= 0.6 is 0 Å². The lowest BCUT2D eigenvalue weighted by Gasteiger charge is -2.11. The van der Waals surface area contributed by atoms with Crippen molar-refractivity contribution in [2.75, 3.05) is 20.2 Å². The number of aryl methyl sites for hydroxylation is 2. The van der Waals surface area contributed by atoms with Gasteiger partial charge in [0.2, 0.25) is 0 Å². The molecule has 0 fully saturated rings. The smallest absolute Gasteiger partial charge is 0.341 e. The maximum atomic E-state index is 11.6. The largest absolute Gasteiger partial charge is 0.465 e. The van der Waals surface area contributed by atoms with Crippen LogP contribution in [-0.4, -0.2) is 46.9 Å². The minimum absolute atomic E-state index is 0.319. The minimum atomic E-state index is -0.410. The van der Waals surface area contributed by atoms with Gasteiger partial charge in [0.25, 0.3) is 0 Å². The number of hydrogen-bond acceptors (Lipinski definition) is 6. The molecule has 9 heteroatoms. The highest BCUT2D eigenvalue weighted by atomic mass is 16.5. The average molecular weight is 362 g/mol. The Balaban J connectivity index is 1.95. The second kappa shape index (κ2) is 9.59. The first-order valence-electron chi connectivity index (χ1n) is 8.65. The molecular formula is C17H26N6O3. The Hall–Kier alpha value is -2.84. The lowest BCUT2D eigenvalue weighted by molar-refractivity contribution is 0.0599. The molecule has 2 N–H and O–H groups in total. The molecule has 2 aromatic rings. The van der Waals surface area contributed by atoms with Crippen LogP contribution in [0.5, 0.6) is 0 Å². The van der Waals surface area contributed by atoms with Crippen molar-refractivity contribution in [3.05, 3.63) is 35.3 Å². The van der Waals surface area contributed by atoms with Gasteiger partial charge in [-0.2, -0.15) is 0 Å². The molecule has 0 aliphatic carbocycles. The topological polar surface area (TPSA) is 107 Å². The summed E-state index contributed by atoms with van der Waals surface area (Å²) < 4.78 is 12.3. The summed E-state index contributed by atoms with van der Waals surface area (Å²) in [6, 6.07) is 1.67. The molecule has 2 heterocycles. The van der Waals surface area contributed by atoms with Crippen LogP contribution in [0.15, 0.2) is 21.8 Å². The van der Waals surface area contributed by atoms with Crippen molar-refractivity contribution in [3.63, 3.8) is 0 Å². The highest BCUT2D eigenvalue weighted by molar-refractivity contribution is 5.90. The first-order valence-corrected chi connectivity index (χ1v) is 8.65. The normalized spacial score (nSPS) is 11.5. The van der Waals surface area contributed by atoms with Crippen LogP contribution in [0.25, 0.3) is 0 Å². The zero-order valence-corrected chi connectivity index (χ0v) is 15.7. The average Bonchev–Trinajstić information content (AvgIpc) is 3.25. The summed E-state index contributed by atoms with van der Waals surface area (Å²) in [6.45, 7) is 8.26. The third-order valence-electron chi connectivity index (χ3n) is 3.77. The molecule has 0 aromatic carbocycles. The third-order valence-corrected chi connectivity index (χ3v) is 3.77. The van der Waals surface area contributed by atoms with Crippen LogP contribution in [0, 0.1) is 6.92 Å². The standard InChI is InChI=1S/C17H26N6O3/c1-5-15-22-21-11-23(15)8-7-19-17(18-6-2)20-10-13-9-14(12(3)26-13)16(24)25-4/h9,11H,5-8,10H2,1-4H3,(H2,18,19,20). The molecule has 0 atom stereocenters. The molecule has 2 rings (SSSR count). The number of hydrogen-bond donors (Lipinski definition) is 2. The van der Waals surface area contributed by atoms with E-state index < -0.39 is 5.97 Å². The zero-order chi connectivity index (χ0) is 18.9. The first kappa shape index (κ1) is 19.5. The monoisotopic (exact) mass is 362 g/mol. The van der Waals surface area contributed by atoms with Crippen LogP contribution in [-0.2, 0) is 24.2 Å². The van der Waals surface area contributed by atoms with Crippen molar-refractivity contribution in [3.8, 4) is 0 Å². The van der Waals surface area contributed by atoms with E-state index in [0.29, 0.717) is 36.1 Å². The number of guanidine groups is 1. The molecule has 9 nitrogen and oxygen atoms in total. The van der Waals surface area contributed by atoms with Gasteiger partial charge in [-0.3, -0.25) is 0 Å². The van der Waals surface area contributed by atoms with Gasteiger partial charge in [-0.15, -0.1) is 10.2 Å². The minimum Gasteiger partial charge on any atom is -0.465 e. The summed E-state index contributed by atoms with van der Waals surface area (Å²) in [5.41, 5.74) is 0.426. The molecule has 26 heavy (non-hydrogen) atoms. The molecular weight excluding hydrogens is 336 g/mol. The number of furan rings is 1. The molecule has 0 saturated heterocycles. The van der Waals surface area contributed by atoms with Gasteiger partial charge in [-0.25, -0.2) is 9.79 Å².